The molecule has 0 saturated carbocycles. The molecule has 0 amide bonds. The quantitative estimate of drug-likeness (QED) is 0.576. The van der Waals surface area contributed by atoms with E-state index in [0.717, 1.165) is 6.42 Å². The average molecular weight is 430 g/mol. The van der Waals surface area contributed by atoms with E-state index in [-0.39, 0.29) is 17.3 Å². The van der Waals surface area contributed by atoms with E-state index < -0.39 is 22.2 Å². The molecule has 0 unspecified atom stereocenters. The monoisotopic (exact) mass is 428 g/mol. The highest BCUT2D eigenvalue weighted by Crippen LogP contribution is 2.42. The van der Waals surface area contributed by atoms with Crippen LogP contribution in [0.2, 0.25) is 0 Å². The van der Waals surface area contributed by atoms with Crippen LogP contribution in [-0.4, -0.2) is 42.0 Å². The summed E-state index contributed by atoms with van der Waals surface area (Å²) in [5.74, 6) is -0.912. The molecule has 2 rings (SSSR count). The van der Waals surface area contributed by atoms with E-state index in [4.69, 9.17) is 53.8 Å². The van der Waals surface area contributed by atoms with Gasteiger partial charge in [-0.3, -0.25) is 4.79 Å². The summed E-state index contributed by atoms with van der Waals surface area (Å²) in [7, 11) is 0. The summed E-state index contributed by atoms with van der Waals surface area (Å²) in [6.45, 7) is 9.74. The molecule has 0 spiro atoms. The second-order valence-corrected chi connectivity index (χ2v) is 9.77. The minimum atomic E-state index is -2.04. The van der Waals surface area contributed by atoms with Gasteiger partial charge in [0, 0.05) is 35.9 Å². The fraction of sp³-hybridized carbons (Fsp3) is 0.833. The van der Waals surface area contributed by atoms with Crippen molar-refractivity contribution in [2.75, 3.05) is 19.8 Å². The zero-order valence-corrected chi connectivity index (χ0v) is 17.9. The molecule has 5 nitrogen and oxygen atoms in total. The molecule has 1 fully saturated rings. The van der Waals surface area contributed by atoms with Crippen LogP contribution in [0.25, 0.3) is 0 Å². The van der Waals surface area contributed by atoms with Crippen LogP contribution in [0.15, 0.2) is 11.8 Å². The van der Waals surface area contributed by atoms with Crippen molar-refractivity contribution in [2.45, 2.75) is 56.9 Å². The number of halogens is 3. The maximum atomic E-state index is 12.6. The van der Waals surface area contributed by atoms with Crippen molar-refractivity contribution in [1.29, 1.82) is 0 Å². The molecular formula is C18H27Cl3O5. The Morgan fingerprint density at radius 1 is 1.27 bits per heavy atom. The summed E-state index contributed by atoms with van der Waals surface area (Å²) in [6, 6.07) is 0. The van der Waals surface area contributed by atoms with Crippen molar-refractivity contribution < 1.29 is 23.7 Å². The Hall–Kier alpha value is -0.0400. The molecule has 3 atom stereocenters. The minimum Gasteiger partial charge on any atom is -0.472 e. The van der Waals surface area contributed by atoms with Gasteiger partial charge in [-0.1, -0.05) is 55.6 Å². The number of ether oxygens (including phenoxy) is 4. The third-order valence-corrected chi connectivity index (χ3v) is 5.20. The van der Waals surface area contributed by atoms with E-state index >= 15 is 0 Å². The number of rotatable bonds is 6. The number of hydrogen-bond acceptors (Lipinski definition) is 5. The Morgan fingerprint density at radius 3 is 2.38 bits per heavy atom. The fourth-order valence-corrected chi connectivity index (χ4v) is 3.64. The van der Waals surface area contributed by atoms with Crippen LogP contribution in [0, 0.1) is 17.3 Å². The number of allylic oxidation sites excluding steroid dienone is 1. The van der Waals surface area contributed by atoms with E-state index in [1.165, 1.54) is 6.26 Å². The molecule has 150 valence electrons. The van der Waals surface area contributed by atoms with E-state index in [1.54, 1.807) is 0 Å². The lowest BCUT2D eigenvalue weighted by molar-refractivity contribution is -0.234. The van der Waals surface area contributed by atoms with E-state index in [9.17, 15) is 4.79 Å². The predicted molar refractivity (Wildman–Crippen MR) is 101 cm³/mol. The predicted octanol–water partition coefficient (Wildman–Crippen LogP) is 4.63. The highest BCUT2D eigenvalue weighted by Gasteiger charge is 2.45. The molecule has 2 aliphatic rings. The van der Waals surface area contributed by atoms with Crippen molar-refractivity contribution in [3.8, 4) is 0 Å². The Labute approximate surface area is 170 Å². The number of Topliss-reactive ketones (excluding diaryl/α,β-unsaturated/α-hetero) is 1. The number of carbonyl (C=O) groups is 1. The standard InChI is InChI=1S/C18H27Cl3O5/c1-5-11-12(7-14-25-9-17(3,4)10-26-14)13(15(22)18(19,20)21)8-24-16(11)23-6-2/h8,11-12,14,16H,5-7,9-10H2,1-4H3/t11-,12-,16+/m0/s1. The summed E-state index contributed by atoms with van der Waals surface area (Å²) < 4.78 is 21.0. The van der Waals surface area contributed by atoms with Gasteiger partial charge in [0.05, 0.1) is 19.5 Å². The van der Waals surface area contributed by atoms with Crippen LogP contribution in [-0.2, 0) is 23.7 Å². The molecule has 0 aliphatic carbocycles. The summed E-state index contributed by atoms with van der Waals surface area (Å²) in [6.07, 6.45) is 1.70. The topological polar surface area (TPSA) is 54.0 Å². The zero-order valence-electron chi connectivity index (χ0n) is 15.6. The van der Waals surface area contributed by atoms with Crippen molar-refractivity contribution in [3.63, 3.8) is 0 Å². The Kier molecular flexibility index (Phi) is 7.68. The van der Waals surface area contributed by atoms with Gasteiger partial charge in [0.25, 0.3) is 3.79 Å². The molecule has 0 aromatic heterocycles. The summed E-state index contributed by atoms with van der Waals surface area (Å²) in [5.41, 5.74) is 0.306. The van der Waals surface area contributed by atoms with Gasteiger partial charge in [0.1, 0.15) is 0 Å². The van der Waals surface area contributed by atoms with E-state index in [2.05, 4.69) is 13.8 Å². The number of alkyl halides is 3. The van der Waals surface area contributed by atoms with Gasteiger partial charge >= 0.3 is 0 Å². The van der Waals surface area contributed by atoms with Crippen molar-refractivity contribution in [3.05, 3.63) is 11.8 Å². The van der Waals surface area contributed by atoms with Crippen molar-refractivity contribution in [2.24, 2.45) is 17.3 Å². The lowest BCUT2D eigenvalue weighted by atomic mass is 9.78. The first-order valence-electron chi connectivity index (χ1n) is 8.91. The van der Waals surface area contributed by atoms with E-state index in [0.29, 0.717) is 31.8 Å². The van der Waals surface area contributed by atoms with Crippen LogP contribution in [0.5, 0.6) is 0 Å². The molecular weight excluding hydrogens is 403 g/mol. The molecule has 8 heteroatoms. The summed E-state index contributed by atoms with van der Waals surface area (Å²) >= 11 is 17.5. The minimum absolute atomic E-state index is 0.0315. The molecule has 0 aromatic carbocycles. The van der Waals surface area contributed by atoms with Crippen LogP contribution in [0.4, 0.5) is 0 Å². The fourth-order valence-electron chi connectivity index (χ4n) is 3.31. The normalized spacial score (nSPS) is 29.8. The molecule has 0 aromatic rings. The van der Waals surface area contributed by atoms with Crippen LogP contribution in [0.3, 0.4) is 0 Å². The van der Waals surface area contributed by atoms with Gasteiger partial charge in [0.2, 0.25) is 12.1 Å². The van der Waals surface area contributed by atoms with Crippen molar-refractivity contribution >= 4 is 40.6 Å². The first kappa shape index (κ1) is 22.3. The third kappa shape index (κ3) is 5.49. The maximum absolute atomic E-state index is 12.6. The lowest BCUT2D eigenvalue weighted by Gasteiger charge is -2.41. The first-order valence-corrected chi connectivity index (χ1v) is 10.0. The molecule has 1 saturated heterocycles. The second-order valence-electron chi connectivity index (χ2n) is 7.49. The van der Waals surface area contributed by atoms with Gasteiger partial charge < -0.3 is 18.9 Å². The maximum Gasteiger partial charge on any atom is 0.253 e. The van der Waals surface area contributed by atoms with Crippen LogP contribution in [0.1, 0.15) is 40.5 Å². The van der Waals surface area contributed by atoms with Gasteiger partial charge in [-0.05, 0) is 13.3 Å². The Bertz CT molecular complexity index is 519. The third-order valence-electron chi connectivity index (χ3n) is 4.68. The summed E-state index contributed by atoms with van der Waals surface area (Å²) in [5, 5.41) is 0. The molecule has 2 aliphatic heterocycles. The van der Waals surface area contributed by atoms with E-state index in [1.807, 2.05) is 13.8 Å². The van der Waals surface area contributed by atoms with Crippen molar-refractivity contribution in [1.82, 2.24) is 0 Å². The second kappa shape index (κ2) is 8.97. The Morgan fingerprint density at radius 2 is 1.88 bits per heavy atom. The highest BCUT2D eigenvalue weighted by molar-refractivity contribution is 6.77. The number of carbonyl (C=O) groups excluding carboxylic acids is 1. The van der Waals surface area contributed by atoms with Gasteiger partial charge in [-0.15, -0.1) is 0 Å². The molecule has 26 heavy (non-hydrogen) atoms. The van der Waals surface area contributed by atoms with Crippen LogP contribution < -0.4 is 0 Å². The summed E-state index contributed by atoms with van der Waals surface area (Å²) in [4.78, 5) is 12.6. The number of ketones is 1. The SMILES string of the molecule is CCO[C@@H]1OC=C(C(=O)C(Cl)(Cl)Cl)[C@@H](CC2OCC(C)(C)CO2)[C@@H]1CC. The van der Waals surface area contributed by atoms with Gasteiger partial charge in [-0.25, -0.2) is 0 Å². The highest BCUT2D eigenvalue weighted by atomic mass is 35.6. The van der Waals surface area contributed by atoms with Gasteiger partial charge in [0.15, 0.2) is 6.29 Å². The smallest absolute Gasteiger partial charge is 0.253 e. The van der Waals surface area contributed by atoms with Crippen LogP contribution >= 0.6 is 34.8 Å². The Balaban J connectivity index is 2.23. The first-order chi connectivity index (χ1) is 12.1. The average Bonchev–Trinajstić information content (AvgIpc) is 2.56. The molecule has 2 heterocycles. The molecule has 0 bridgehead atoms. The molecule has 0 radical (unpaired) electrons. The zero-order chi connectivity index (χ0) is 19.5. The van der Waals surface area contributed by atoms with Gasteiger partial charge in [-0.2, -0.15) is 0 Å². The molecule has 0 N–H and O–H groups in total. The number of hydrogen-bond donors (Lipinski definition) is 0. The largest absolute Gasteiger partial charge is 0.472 e. The lowest BCUT2D eigenvalue weighted by Crippen LogP contribution is -2.44.